The molecule has 8 nitrogen and oxygen atoms in total. The van der Waals surface area contributed by atoms with Crippen molar-refractivity contribution >= 4 is 17.8 Å². The smallest absolute Gasteiger partial charge is 0.336 e. The molecule has 0 radical (unpaired) electrons. The van der Waals surface area contributed by atoms with Crippen molar-refractivity contribution in [2.75, 3.05) is 13.7 Å². The molecule has 16 heavy (non-hydrogen) atoms. The van der Waals surface area contributed by atoms with Crippen LogP contribution in [0.4, 0.5) is 0 Å². The Bertz CT molecular complexity index is 281. The molecule has 0 saturated carbocycles. The molecule has 0 fully saturated rings. The van der Waals surface area contributed by atoms with Gasteiger partial charge in [0.05, 0.1) is 26.1 Å². The molecule has 92 valence electrons. The highest BCUT2D eigenvalue weighted by molar-refractivity contribution is 5.87. The zero-order valence-electron chi connectivity index (χ0n) is 8.80. The van der Waals surface area contributed by atoms with Gasteiger partial charge in [-0.15, -0.1) is 0 Å². The summed E-state index contributed by atoms with van der Waals surface area (Å²) in [5.74, 6) is -2.26. The summed E-state index contributed by atoms with van der Waals surface area (Å²) >= 11 is 0. The Morgan fingerprint density at radius 1 is 1.44 bits per heavy atom. The topological polar surface area (TPSA) is 145 Å². The van der Waals surface area contributed by atoms with Gasteiger partial charge in [0.1, 0.15) is 0 Å². The quantitative estimate of drug-likeness (QED) is 0.356. The van der Waals surface area contributed by atoms with Crippen molar-refractivity contribution in [2.24, 2.45) is 11.5 Å². The van der Waals surface area contributed by atoms with Crippen LogP contribution in [0.15, 0.2) is 0 Å². The summed E-state index contributed by atoms with van der Waals surface area (Å²) in [4.78, 5) is 32.4. The Hall–Kier alpha value is -1.67. The van der Waals surface area contributed by atoms with E-state index in [1.54, 1.807) is 0 Å². The van der Waals surface area contributed by atoms with Gasteiger partial charge in [-0.1, -0.05) is 0 Å². The molecule has 0 aromatic carbocycles. The minimum absolute atomic E-state index is 0.305. The van der Waals surface area contributed by atoms with Crippen LogP contribution in [0, 0.1) is 0 Å². The van der Waals surface area contributed by atoms with Crippen LogP contribution in [0.3, 0.4) is 0 Å². The van der Waals surface area contributed by atoms with Gasteiger partial charge in [0, 0.05) is 0 Å². The lowest BCUT2D eigenvalue weighted by Crippen LogP contribution is -2.46. The van der Waals surface area contributed by atoms with Gasteiger partial charge in [-0.25, -0.2) is 4.79 Å². The second-order valence-corrected chi connectivity index (χ2v) is 3.06. The normalized spacial score (nSPS) is 13.7. The number of primary amides is 1. The van der Waals surface area contributed by atoms with E-state index in [1.165, 1.54) is 0 Å². The Morgan fingerprint density at radius 2 is 2.00 bits per heavy atom. The van der Waals surface area contributed by atoms with Gasteiger partial charge in [-0.2, -0.15) is 0 Å². The maximum atomic E-state index is 11.2. The number of amides is 2. The number of aliphatic hydroxyl groups is 1. The zero-order valence-corrected chi connectivity index (χ0v) is 8.80. The van der Waals surface area contributed by atoms with Gasteiger partial charge in [0.15, 0.2) is 6.10 Å². The maximum Gasteiger partial charge on any atom is 0.336 e. The first-order chi connectivity index (χ1) is 7.38. The van der Waals surface area contributed by atoms with E-state index >= 15 is 0 Å². The van der Waals surface area contributed by atoms with E-state index in [0.717, 1.165) is 7.11 Å². The fourth-order valence-corrected chi connectivity index (χ4v) is 0.857. The molecule has 0 saturated heterocycles. The molecule has 2 atom stereocenters. The molecular weight excluding hydrogens is 218 g/mol. The number of hydrogen-bond acceptors (Lipinski definition) is 6. The molecule has 8 heteroatoms. The highest BCUT2D eigenvalue weighted by Crippen LogP contribution is 1.89. The predicted octanol–water partition coefficient (Wildman–Crippen LogP) is -3.16. The average molecular weight is 233 g/mol. The highest BCUT2D eigenvalue weighted by atomic mass is 16.5. The standard InChI is InChI=1S/C8H15N3O5/c1-16-8(15)5(12)3-11-7(14)4(9)2-6(10)13/h4-5,12H,2-3,9H2,1H3,(H2,10,13)(H,11,14). The van der Waals surface area contributed by atoms with Gasteiger partial charge in [0.25, 0.3) is 0 Å². The number of hydrogen-bond donors (Lipinski definition) is 4. The van der Waals surface area contributed by atoms with Crippen LogP contribution in [0.2, 0.25) is 0 Å². The first-order valence-electron chi connectivity index (χ1n) is 4.46. The third-order valence-electron chi connectivity index (χ3n) is 1.70. The molecule has 0 heterocycles. The minimum Gasteiger partial charge on any atom is -0.467 e. The van der Waals surface area contributed by atoms with Crippen LogP contribution >= 0.6 is 0 Å². The second-order valence-electron chi connectivity index (χ2n) is 3.06. The Balaban J connectivity index is 3.97. The maximum absolute atomic E-state index is 11.2. The van der Waals surface area contributed by atoms with Crippen LogP contribution in [0.25, 0.3) is 0 Å². The van der Waals surface area contributed by atoms with Gasteiger partial charge in [0.2, 0.25) is 11.8 Å². The number of esters is 1. The van der Waals surface area contributed by atoms with Crippen molar-refractivity contribution in [3.05, 3.63) is 0 Å². The van der Waals surface area contributed by atoms with Gasteiger partial charge < -0.3 is 26.6 Å². The van der Waals surface area contributed by atoms with Crippen LogP contribution in [0.1, 0.15) is 6.42 Å². The van der Waals surface area contributed by atoms with Gasteiger partial charge >= 0.3 is 5.97 Å². The third-order valence-corrected chi connectivity index (χ3v) is 1.70. The second kappa shape index (κ2) is 6.75. The number of carbonyl (C=O) groups excluding carboxylic acids is 3. The van der Waals surface area contributed by atoms with Crippen molar-refractivity contribution in [3.8, 4) is 0 Å². The minimum atomic E-state index is -1.46. The predicted molar refractivity (Wildman–Crippen MR) is 52.8 cm³/mol. The van der Waals surface area contributed by atoms with E-state index in [2.05, 4.69) is 10.1 Å². The van der Waals surface area contributed by atoms with Gasteiger partial charge in [-0.05, 0) is 0 Å². The van der Waals surface area contributed by atoms with Gasteiger partial charge in [-0.3, -0.25) is 9.59 Å². The first kappa shape index (κ1) is 14.3. The van der Waals surface area contributed by atoms with Crippen molar-refractivity contribution < 1.29 is 24.2 Å². The summed E-state index contributed by atoms with van der Waals surface area (Å²) in [6.45, 7) is -0.335. The molecule has 0 bridgehead atoms. The molecule has 0 aliphatic carbocycles. The summed E-state index contributed by atoms with van der Waals surface area (Å²) < 4.78 is 4.22. The van der Waals surface area contributed by atoms with E-state index in [-0.39, 0.29) is 13.0 Å². The SMILES string of the molecule is COC(=O)C(O)CNC(=O)C(N)CC(N)=O. The van der Waals surface area contributed by atoms with Crippen LogP contribution in [-0.4, -0.2) is 48.7 Å². The van der Waals surface area contributed by atoms with Crippen LogP contribution in [-0.2, 0) is 19.1 Å². The molecule has 0 aliphatic rings. The van der Waals surface area contributed by atoms with Crippen molar-refractivity contribution in [1.82, 2.24) is 5.32 Å². The number of nitrogens with two attached hydrogens (primary N) is 2. The number of rotatable bonds is 6. The fourth-order valence-electron chi connectivity index (χ4n) is 0.857. The van der Waals surface area contributed by atoms with E-state index in [1.807, 2.05) is 0 Å². The lowest BCUT2D eigenvalue weighted by Gasteiger charge is -2.12. The molecule has 0 rings (SSSR count). The molecule has 6 N–H and O–H groups in total. The monoisotopic (exact) mass is 233 g/mol. The first-order valence-corrected chi connectivity index (χ1v) is 4.46. The number of aliphatic hydroxyl groups excluding tert-OH is 1. The van der Waals surface area contributed by atoms with E-state index in [9.17, 15) is 14.4 Å². The lowest BCUT2D eigenvalue weighted by atomic mass is 10.2. The highest BCUT2D eigenvalue weighted by Gasteiger charge is 2.20. The molecule has 2 unspecified atom stereocenters. The molecule has 0 spiro atoms. The molecular formula is C8H15N3O5. The molecule has 0 aromatic heterocycles. The number of methoxy groups -OCH3 is 1. The number of nitrogens with one attached hydrogen (secondary N) is 1. The third kappa shape index (κ3) is 5.27. The van der Waals surface area contributed by atoms with E-state index < -0.39 is 29.9 Å². The Labute approximate surface area is 91.9 Å². The fraction of sp³-hybridized carbons (Fsp3) is 0.625. The van der Waals surface area contributed by atoms with E-state index in [4.69, 9.17) is 16.6 Å². The number of carbonyl (C=O) groups is 3. The average Bonchev–Trinajstić information content (AvgIpc) is 2.23. The number of ether oxygens (including phenoxy) is 1. The molecule has 2 amide bonds. The van der Waals surface area contributed by atoms with Crippen molar-refractivity contribution in [3.63, 3.8) is 0 Å². The van der Waals surface area contributed by atoms with E-state index in [0.29, 0.717) is 0 Å². The summed E-state index contributed by atoms with van der Waals surface area (Å²) in [6, 6.07) is -1.10. The Kier molecular flexibility index (Phi) is 6.04. The summed E-state index contributed by atoms with van der Waals surface area (Å²) in [7, 11) is 1.10. The summed E-state index contributed by atoms with van der Waals surface area (Å²) in [5.41, 5.74) is 10.1. The van der Waals surface area contributed by atoms with Crippen molar-refractivity contribution in [1.29, 1.82) is 0 Å². The van der Waals surface area contributed by atoms with Crippen LogP contribution in [0.5, 0.6) is 0 Å². The molecule has 0 aromatic rings. The molecule has 0 aliphatic heterocycles. The zero-order chi connectivity index (χ0) is 12.7. The summed E-state index contributed by atoms with van der Waals surface area (Å²) in [5, 5.41) is 11.3. The Morgan fingerprint density at radius 3 is 2.44 bits per heavy atom. The largest absolute Gasteiger partial charge is 0.467 e. The lowest BCUT2D eigenvalue weighted by molar-refractivity contribution is -0.150. The van der Waals surface area contributed by atoms with Crippen LogP contribution < -0.4 is 16.8 Å². The summed E-state index contributed by atoms with van der Waals surface area (Å²) in [6.07, 6.45) is -1.77. The van der Waals surface area contributed by atoms with Crippen molar-refractivity contribution in [2.45, 2.75) is 18.6 Å².